The van der Waals surface area contributed by atoms with E-state index in [1.807, 2.05) is 0 Å². The van der Waals surface area contributed by atoms with Crippen LogP contribution in [0.25, 0.3) is 0 Å². The largest absolute Gasteiger partial charge is 0.480 e. The van der Waals surface area contributed by atoms with Crippen molar-refractivity contribution in [3.05, 3.63) is 29.6 Å². The summed E-state index contributed by atoms with van der Waals surface area (Å²) in [5.41, 5.74) is 5.13. The first-order valence-electron chi connectivity index (χ1n) is 5.41. The minimum atomic E-state index is -4.32. The van der Waals surface area contributed by atoms with Crippen LogP contribution in [0.1, 0.15) is 5.56 Å². The van der Waals surface area contributed by atoms with E-state index in [2.05, 4.69) is 0 Å². The SMILES string of the molecule is Cc1ccc(S(=O)(=O)N(CC(N)=O)CC(=O)O)cc1F. The summed E-state index contributed by atoms with van der Waals surface area (Å²) < 4.78 is 38.1. The summed E-state index contributed by atoms with van der Waals surface area (Å²) in [5, 5.41) is 8.67. The molecule has 0 bridgehead atoms. The van der Waals surface area contributed by atoms with Gasteiger partial charge in [-0.2, -0.15) is 4.31 Å². The number of hydrogen-bond acceptors (Lipinski definition) is 4. The minimum absolute atomic E-state index is 0.239. The van der Waals surface area contributed by atoms with E-state index in [1.54, 1.807) is 0 Å². The van der Waals surface area contributed by atoms with Gasteiger partial charge < -0.3 is 10.8 Å². The van der Waals surface area contributed by atoms with E-state index in [1.165, 1.54) is 13.0 Å². The van der Waals surface area contributed by atoms with E-state index in [0.717, 1.165) is 12.1 Å². The van der Waals surface area contributed by atoms with Crippen molar-refractivity contribution < 1.29 is 27.5 Å². The molecule has 0 aliphatic rings. The van der Waals surface area contributed by atoms with Crippen LogP contribution in [0.3, 0.4) is 0 Å². The molecule has 9 heteroatoms. The summed E-state index contributed by atoms with van der Waals surface area (Å²) in [7, 11) is -4.32. The fourth-order valence-corrected chi connectivity index (χ4v) is 2.80. The second kappa shape index (κ2) is 5.97. The molecule has 110 valence electrons. The lowest BCUT2D eigenvalue weighted by atomic mass is 10.2. The minimum Gasteiger partial charge on any atom is -0.480 e. The van der Waals surface area contributed by atoms with E-state index >= 15 is 0 Å². The summed E-state index contributed by atoms with van der Waals surface area (Å²) in [6.45, 7) is -0.297. The number of aliphatic carboxylic acids is 1. The van der Waals surface area contributed by atoms with Crippen LogP contribution < -0.4 is 5.73 Å². The van der Waals surface area contributed by atoms with Crippen LogP contribution in [-0.2, 0) is 19.6 Å². The van der Waals surface area contributed by atoms with E-state index in [0.29, 0.717) is 4.31 Å². The number of carboxylic acid groups (broad SMARTS) is 1. The molecule has 7 nitrogen and oxygen atoms in total. The average molecular weight is 304 g/mol. The lowest BCUT2D eigenvalue weighted by Gasteiger charge is -2.18. The van der Waals surface area contributed by atoms with Crippen LogP contribution in [0, 0.1) is 12.7 Å². The van der Waals surface area contributed by atoms with E-state index in [-0.39, 0.29) is 5.56 Å². The molecule has 1 amide bonds. The zero-order valence-electron chi connectivity index (χ0n) is 10.5. The van der Waals surface area contributed by atoms with Gasteiger partial charge in [-0.25, -0.2) is 12.8 Å². The smallest absolute Gasteiger partial charge is 0.318 e. The average Bonchev–Trinajstić information content (AvgIpc) is 2.30. The number of halogens is 1. The molecular weight excluding hydrogens is 291 g/mol. The van der Waals surface area contributed by atoms with E-state index in [9.17, 15) is 22.4 Å². The quantitative estimate of drug-likeness (QED) is 0.747. The van der Waals surface area contributed by atoms with Gasteiger partial charge in [0.05, 0.1) is 11.4 Å². The second-order valence-electron chi connectivity index (χ2n) is 4.04. The Morgan fingerprint density at radius 3 is 2.40 bits per heavy atom. The van der Waals surface area contributed by atoms with Crippen LogP contribution in [0.2, 0.25) is 0 Å². The molecule has 0 fully saturated rings. The highest BCUT2D eigenvalue weighted by molar-refractivity contribution is 7.89. The van der Waals surface area contributed by atoms with Crippen molar-refractivity contribution in [2.24, 2.45) is 5.73 Å². The molecule has 20 heavy (non-hydrogen) atoms. The fourth-order valence-electron chi connectivity index (χ4n) is 1.43. The molecule has 0 unspecified atom stereocenters. The van der Waals surface area contributed by atoms with Gasteiger partial charge in [-0.15, -0.1) is 0 Å². The summed E-state index contributed by atoms with van der Waals surface area (Å²) in [5.74, 6) is -3.22. The number of aryl methyl sites for hydroxylation is 1. The molecular formula is C11H13FN2O5S. The number of carboxylic acids is 1. The lowest BCUT2D eigenvalue weighted by Crippen LogP contribution is -2.41. The van der Waals surface area contributed by atoms with Gasteiger partial charge in [-0.3, -0.25) is 9.59 Å². The van der Waals surface area contributed by atoms with Crippen LogP contribution >= 0.6 is 0 Å². The maximum absolute atomic E-state index is 13.4. The number of carbonyl (C=O) groups is 2. The van der Waals surface area contributed by atoms with Crippen LogP contribution in [0.4, 0.5) is 4.39 Å². The second-order valence-corrected chi connectivity index (χ2v) is 5.98. The van der Waals surface area contributed by atoms with Gasteiger partial charge in [0.2, 0.25) is 15.9 Å². The number of primary amides is 1. The first-order chi connectivity index (χ1) is 9.14. The number of rotatable bonds is 6. The Morgan fingerprint density at radius 2 is 1.95 bits per heavy atom. The maximum Gasteiger partial charge on any atom is 0.318 e. The van der Waals surface area contributed by atoms with Crippen LogP contribution in [-0.4, -0.2) is 42.8 Å². The first kappa shape index (κ1) is 16.1. The van der Waals surface area contributed by atoms with Crippen molar-refractivity contribution in [2.75, 3.05) is 13.1 Å². The van der Waals surface area contributed by atoms with Gasteiger partial charge in [0.15, 0.2) is 0 Å². The van der Waals surface area contributed by atoms with Gasteiger partial charge in [0.1, 0.15) is 12.4 Å². The lowest BCUT2D eigenvalue weighted by molar-refractivity contribution is -0.137. The highest BCUT2D eigenvalue weighted by atomic mass is 32.2. The predicted octanol–water partition coefficient (Wildman–Crippen LogP) is -0.305. The Morgan fingerprint density at radius 1 is 1.35 bits per heavy atom. The highest BCUT2D eigenvalue weighted by Gasteiger charge is 2.28. The molecule has 0 aliphatic heterocycles. The van der Waals surface area contributed by atoms with E-state index < -0.39 is 45.7 Å². The molecule has 0 radical (unpaired) electrons. The van der Waals surface area contributed by atoms with Gasteiger partial charge >= 0.3 is 5.97 Å². The Bertz CT molecular complexity index is 628. The number of benzene rings is 1. The number of carbonyl (C=O) groups excluding carboxylic acids is 1. The highest BCUT2D eigenvalue weighted by Crippen LogP contribution is 2.18. The van der Waals surface area contributed by atoms with Crippen molar-refractivity contribution >= 4 is 21.9 Å². The molecule has 1 aromatic carbocycles. The van der Waals surface area contributed by atoms with Gasteiger partial charge in [0, 0.05) is 0 Å². The number of amides is 1. The molecule has 1 rings (SSSR count). The summed E-state index contributed by atoms with van der Waals surface area (Å²) in [4.78, 5) is 21.1. The number of hydrogen-bond donors (Lipinski definition) is 2. The molecule has 0 heterocycles. The Hall–Kier alpha value is -2.00. The molecule has 0 aromatic heterocycles. The first-order valence-corrected chi connectivity index (χ1v) is 6.85. The Kier molecular flexibility index (Phi) is 4.79. The summed E-state index contributed by atoms with van der Waals surface area (Å²) in [6.07, 6.45) is 0. The number of nitrogens with two attached hydrogens (primary N) is 1. The Balaban J connectivity index is 3.24. The molecule has 0 spiro atoms. The predicted molar refractivity (Wildman–Crippen MR) is 66.7 cm³/mol. The van der Waals surface area contributed by atoms with Crippen molar-refractivity contribution in [3.63, 3.8) is 0 Å². The number of sulfonamides is 1. The van der Waals surface area contributed by atoms with Crippen LogP contribution in [0.5, 0.6) is 0 Å². The normalized spacial score (nSPS) is 11.6. The maximum atomic E-state index is 13.4. The van der Waals surface area contributed by atoms with Crippen molar-refractivity contribution in [1.29, 1.82) is 0 Å². The zero-order chi connectivity index (χ0) is 15.5. The standard InChI is InChI=1S/C11H13FN2O5S/c1-7-2-3-8(4-9(7)12)20(18,19)14(5-10(13)15)6-11(16)17/h2-4H,5-6H2,1H3,(H2,13,15)(H,16,17). The molecule has 0 saturated carbocycles. The zero-order valence-corrected chi connectivity index (χ0v) is 11.4. The van der Waals surface area contributed by atoms with Gasteiger partial charge in [-0.1, -0.05) is 6.07 Å². The monoisotopic (exact) mass is 304 g/mol. The summed E-state index contributed by atoms with van der Waals surface area (Å²) in [6, 6.07) is 3.13. The van der Waals surface area contributed by atoms with E-state index in [4.69, 9.17) is 10.8 Å². The molecule has 0 atom stereocenters. The summed E-state index contributed by atoms with van der Waals surface area (Å²) >= 11 is 0. The van der Waals surface area contributed by atoms with Gasteiger partial charge in [0.25, 0.3) is 0 Å². The fraction of sp³-hybridized carbons (Fsp3) is 0.273. The topological polar surface area (TPSA) is 118 Å². The molecule has 0 saturated heterocycles. The third-order valence-corrected chi connectivity index (χ3v) is 4.21. The third-order valence-electron chi connectivity index (χ3n) is 2.42. The van der Waals surface area contributed by atoms with Crippen molar-refractivity contribution in [2.45, 2.75) is 11.8 Å². The van der Waals surface area contributed by atoms with Crippen molar-refractivity contribution in [3.8, 4) is 0 Å². The number of nitrogens with zero attached hydrogens (tertiary/aromatic N) is 1. The third kappa shape index (κ3) is 3.75. The van der Waals surface area contributed by atoms with Crippen LogP contribution in [0.15, 0.2) is 23.1 Å². The van der Waals surface area contributed by atoms with Crippen molar-refractivity contribution in [1.82, 2.24) is 4.31 Å². The molecule has 1 aromatic rings. The Labute approximate surface area is 114 Å². The molecule has 3 N–H and O–H groups in total. The van der Waals surface area contributed by atoms with Gasteiger partial charge in [-0.05, 0) is 24.6 Å². The molecule has 0 aliphatic carbocycles.